The van der Waals surface area contributed by atoms with Crippen LogP contribution in [0.1, 0.15) is 17.1 Å². The average Bonchev–Trinajstić information content (AvgIpc) is 2.76. The molecule has 4 heteroatoms. The van der Waals surface area contributed by atoms with Crippen molar-refractivity contribution in [3.8, 4) is 0 Å². The number of oxazole rings is 1. The van der Waals surface area contributed by atoms with Crippen molar-refractivity contribution in [1.29, 1.82) is 0 Å². The van der Waals surface area contributed by atoms with E-state index in [-0.39, 0.29) is 0 Å². The summed E-state index contributed by atoms with van der Waals surface area (Å²) in [5, 5.41) is 0. The topological polar surface area (TPSA) is 43.0 Å². The van der Waals surface area contributed by atoms with Gasteiger partial charge >= 0.3 is 0 Å². The minimum Gasteiger partial charge on any atom is -0.451 e. The van der Waals surface area contributed by atoms with Crippen molar-refractivity contribution in [2.24, 2.45) is 0 Å². The smallest absolute Gasteiger partial charge is 0.180 e. The van der Waals surface area contributed by atoms with Crippen LogP contribution in [0.4, 0.5) is 0 Å². The largest absolute Gasteiger partial charge is 0.451 e. The van der Waals surface area contributed by atoms with Crippen LogP contribution in [0.15, 0.2) is 29.2 Å². The van der Waals surface area contributed by atoms with Crippen LogP contribution in [0.3, 0.4) is 0 Å². The Balaban J connectivity index is 2.05. The van der Waals surface area contributed by atoms with Gasteiger partial charge in [0, 0.05) is 11.4 Å². The van der Waals surface area contributed by atoms with Gasteiger partial charge in [0.05, 0.1) is 12.2 Å². The Labute approximate surface area is 82.5 Å². The van der Waals surface area contributed by atoms with Crippen molar-refractivity contribution < 1.29 is 4.42 Å². The maximum atomic E-state index is 4.88. The molecule has 2 rings (SSSR count). The predicted molar refractivity (Wildman–Crippen MR) is 53.5 cm³/mol. The van der Waals surface area contributed by atoms with E-state index in [0.717, 1.165) is 5.69 Å². The first-order chi connectivity index (χ1) is 6.77. The van der Waals surface area contributed by atoms with Crippen LogP contribution in [0, 0.1) is 13.8 Å². The first kappa shape index (κ1) is 8.87. The van der Waals surface area contributed by atoms with Crippen LogP contribution in [-0.4, -0.2) is 9.66 Å². The van der Waals surface area contributed by atoms with E-state index in [2.05, 4.69) is 36.4 Å². The van der Waals surface area contributed by atoms with Gasteiger partial charge in [-0.2, -0.15) is 0 Å². The quantitative estimate of drug-likeness (QED) is 0.805. The fourth-order valence-corrected chi connectivity index (χ4v) is 1.40. The Bertz CT molecular complexity index is 383. The van der Waals surface area contributed by atoms with Crippen LogP contribution in [-0.2, 0) is 6.54 Å². The highest BCUT2D eigenvalue weighted by atomic mass is 16.3. The second kappa shape index (κ2) is 3.57. The molecule has 0 saturated carbocycles. The highest BCUT2D eigenvalue weighted by Crippen LogP contribution is 2.05. The fraction of sp³-hybridized carbons (Fsp3) is 0.300. The molecule has 0 bridgehead atoms. The van der Waals surface area contributed by atoms with Gasteiger partial charge in [-0.15, -0.1) is 0 Å². The van der Waals surface area contributed by atoms with E-state index in [9.17, 15) is 0 Å². The van der Waals surface area contributed by atoms with Gasteiger partial charge in [-0.3, -0.25) is 4.68 Å². The number of hydrogen-bond acceptors (Lipinski definition) is 3. The molecule has 0 atom stereocenters. The summed E-state index contributed by atoms with van der Waals surface area (Å²) < 4.78 is 6.92. The minimum atomic E-state index is 0.673. The Kier molecular flexibility index (Phi) is 2.26. The number of nitrogens with one attached hydrogen (secondary N) is 1. The van der Waals surface area contributed by atoms with Gasteiger partial charge < -0.3 is 9.84 Å². The second-order valence-corrected chi connectivity index (χ2v) is 3.27. The van der Waals surface area contributed by atoms with E-state index in [1.807, 2.05) is 4.68 Å². The molecule has 0 unspecified atom stereocenters. The van der Waals surface area contributed by atoms with Crippen LogP contribution in [0.25, 0.3) is 0 Å². The molecule has 4 nitrogen and oxygen atoms in total. The zero-order valence-corrected chi connectivity index (χ0v) is 8.32. The highest BCUT2D eigenvalue weighted by molar-refractivity contribution is 5.15. The average molecular weight is 191 g/mol. The normalized spacial score (nSPS) is 10.4. The Hall–Kier alpha value is -1.71. The third-order valence-electron chi connectivity index (χ3n) is 2.17. The lowest BCUT2D eigenvalue weighted by atomic mass is 10.5. The summed E-state index contributed by atoms with van der Waals surface area (Å²) in [6, 6.07) is 4.15. The zero-order valence-electron chi connectivity index (χ0n) is 8.32. The molecule has 0 fully saturated rings. The van der Waals surface area contributed by atoms with Crippen molar-refractivity contribution in [3.63, 3.8) is 0 Å². The Morgan fingerprint density at radius 2 is 2.07 bits per heavy atom. The summed E-state index contributed by atoms with van der Waals surface area (Å²) in [6.45, 7) is 4.79. The molecule has 1 N–H and O–H groups in total. The van der Waals surface area contributed by atoms with Crippen molar-refractivity contribution in [1.82, 2.24) is 9.66 Å². The van der Waals surface area contributed by atoms with E-state index in [1.54, 1.807) is 6.26 Å². The summed E-state index contributed by atoms with van der Waals surface area (Å²) in [5.74, 6) is 0. The third kappa shape index (κ3) is 1.64. The molecular weight excluding hydrogens is 178 g/mol. The summed E-state index contributed by atoms with van der Waals surface area (Å²) in [4.78, 5) is 4.03. The second-order valence-electron chi connectivity index (χ2n) is 3.27. The number of hydrogen-bond donors (Lipinski definition) is 1. The lowest BCUT2D eigenvalue weighted by Crippen LogP contribution is -2.16. The molecule has 0 amide bonds. The first-order valence-corrected chi connectivity index (χ1v) is 4.53. The zero-order chi connectivity index (χ0) is 9.97. The van der Waals surface area contributed by atoms with E-state index in [0.29, 0.717) is 6.54 Å². The van der Waals surface area contributed by atoms with Crippen molar-refractivity contribution in [2.75, 3.05) is 5.43 Å². The molecule has 14 heavy (non-hydrogen) atoms. The van der Waals surface area contributed by atoms with Crippen molar-refractivity contribution in [3.05, 3.63) is 41.9 Å². The molecule has 0 aliphatic heterocycles. The van der Waals surface area contributed by atoms with Crippen molar-refractivity contribution in [2.45, 2.75) is 20.4 Å². The van der Waals surface area contributed by atoms with Gasteiger partial charge in [-0.05, 0) is 26.0 Å². The van der Waals surface area contributed by atoms with E-state index >= 15 is 0 Å². The van der Waals surface area contributed by atoms with Crippen LogP contribution in [0.2, 0.25) is 0 Å². The molecular formula is C10H13N3O. The van der Waals surface area contributed by atoms with E-state index in [1.165, 1.54) is 17.8 Å². The van der Waals surface area contributed by atoms with Crippen molar-refractivity contribution >= 4 is 0 Å². The lowest BCUT2D eigenvalue weighted by molar-refractivity contribution is 0.556. The van der Waals surface area contributed by atoms with Gasteiger partial charge in [0.2, 0.25) is 0 Å². The summed E-state index contributed by atoms with van der Waals surface area (Å²) in [7, 11) is 0. The molecule has 0 spiro atoms. The van der Waals surface area contributed by atoms with Gasteiger partial charge in [-0.25, -0.2) is 4.98 Å². The maximum absolute atomic E-state index is 4.88. The molecule has 0 saturated heterocycles. The van der Waals surface area contributed by atoms with Crippen LogP contribution in [0.5, 0.6) is 0 Å². The molecule has 0 aromatic carbocycles. The molecule has 74 valence electrons. The number of aryl methyl sites for hydroxylation is 2. The Morgan fingerprint density at radius 3 is 2.64 bits per heavy atom. The molecule has 2 aromatic rings. The standard InChI is InChI=1S/C10H13N3O/c1-8-3-4-9(2)13(8)12-5-10-6-14-7-11-10/h3-4,6-7,12H,5H2,1-2H3. The molecule has 2 aromatic heterocycles. The lowest BCUT2D eigenvalue weighted by Gasteiger charge is -2.10. The van der Waals surface area contributed by atoms with Gasteiger partial charge in [0.25, 0.3) is 0 Å². The number of rotatable bonds is 3. The van der Waals surface area contributed by atoms with Gasteiger partial charge in [-0.1, -0.05) is 0 Å². The molecule has 0 aliphatic carbocycles. The third-order valence-corrected chi connectivity index (χ3v) is 2.17. The molecule has 0 radical (unpaired) electrons. The fourth-order valence-electron chi connectivity index (χ4n) is 1.40. The maximum Gasteiger partial charge on any atom is 0.180 e. The first-order valence-electron chi connectivity index (χ1n) is 4.53. The van der Waals surface area contributed by atoms with Gasteiger partial charge in [0.1, 0.15) is 6.26 Å². The highest BCUT2D eigenvalue weighted by Gasteiger charge is 2.00. The Morgan fingerprint density at radius 1 is 1.36 bits per heavy atom. The number of aromatic nitrogens is 2. The SMILES string of the molecule is Cc1ccc(C)n1NCc1cocn1. The minimum absolute atomic E-state index is 0.673. The summed E-state index contributed by atoms with van der Waals surface area (Å²) in [6.07, 6.45) is 3.08. The van der Waals surface area contributed by atoms with E-state index < -0.39 is 0 Å². The summed E-state index contributed by atoms with van der Waals surface area (Å²) >= 11 is 0. The number of nitrogens with zero attached hydrogens (tertiary/aromatic N) is 2. The molecule has 2 heterocycles. The van der Waals surface area contributed by atoms with E-state index in [4.69, 9.17) is 4.42 Å². The predicted octanol–water partition coefficient (Wildman–Crippen LogP) is 1.84. The van der Waals surface area contributed by atoms with Gasteiger partial charge in [0.15, 0.2) is 6.39 Å². The van der Waals surface area contributed by atoms with Crippen LogP contribution < -0.4 is 5.43 Å². The monoisotopic (exact) mass is 191 g/mol. The summed E-state index contributed by atoms with van der Waals surface area (Å²) in [5.41, 5.74) is 6.53. The van der Waals surface area contributed by atoms with Crippen LogP contribution >= 0.6 is 0 Å². The molecule has 0 aliphatic rings.